The minimum Gasteiger partial charge on any atom is -0.496 e. The predicted molar refractivity (Wildman–Crippen MR) is 58.8 cm³/mol. The van der Waals surface area contributed by atoms with Gasteiger partial charge in [-0.2, -0.15) is 0 Å². The van der Waals surface area contributed by atoms with Gasteiger partial charge in [0.15, 0.2) is 5.58 Å². The molecule has 0 amide bonds. The summed E-state index contributed by atoms with van der Waals surface area (Å²) >= 11 is 0. The maximum Gasteiger partial charge on any atom is 0.345 e. The number of hydrogen-bond acceptors (Lipinski definition) is 4. The van der Waals surface area contributed by atoms with Crippen LogP contribution in [0, 0.1) is 6.92 Å². The second-order valence-electron chi connectivity index (χ2n) is 3.41. The maximum absolute atomic E-state index is 11.7. The van der Waals surface area contributed by atoms with Gasteiger partial charge in [-0.15, -0.1) is 0 Å². The Morgan fingerprint density at radius 3 is 2.69 bits per heavy atom. The van der Waals surface area contributed by atoms with Gasteiger partial charge < -0.3 is 13.9 Å². The van der Waals surface area contributed by atoms with Crippen LogP contribution in [0.25, 0.3) is 11.0 Å². The molecule has 0 saturated carbocycles. The van der Waals surface area contributed by atoms with Crippen molar-refractivity contribution in [2.75, 3.05) is 14.2 Å². The summed E-state index contributed by atoms with van der Waals surface area (Å²) in [6.45, 7) is 1.83. The quantitative estimate of drug-likeness (QED) is 0.730. The largest absolute Gasteiger partial charge is 0.496 e. The van der Waals surface area contributed by atoms with Gasteiger partial charge in [0.05, 0.1) is 14.2 Å². The van der Waals surface area contributed by atoms with E-state index in [9.17, 15) is 4.79 Å². The zero-order valence-corrected chi connectivity index (χ0v) is 9.37. The molecule has 0 bridgehead atoms. The zero-order valence-electron chi connectivity index (χ0n) is 9.37. The highest BCUT2D eigenvalue weighted by Crippen LogP contribution is 2.30. The lowest BCUT2D eigenvalue weighted by molar-refractivity contribution is 0.0598. The van der Waals surface area contributed by atoms with Gasteiger partial charge in [0.2, 0.25) is 0 Å². The first kappa shape index (κ1) is 10.5. The lowest BCUT2D eigenvalue weighted by Crippen LogP contribution is -2.04. The minimum atomic E-state index is -0.461. The summed E-state index contributed by atoms with van der Waals surface area (Å²) in [5, 5.41) is 0.860. The van der Waals surface area contributed by atoms with Crippen LogP contribution in [0.2, 0.25) is 0 Å². The molecule has 0 atom stereocenters. The molecule has 84 valence electrons. The van der Waals surface area contributed by atoms with Crippen LogP contribution in [-0.4, -0.2) is 20.2 Å². The van der Waals surface area contributed by atoms with E-state index in [2.05, 4.69) is 0 Å². The van der Waals surface area contributed by atoms with Crippen molar-refractivity contribution in [1.29, 1.82) is 0 Å². The third-order valence-corrected chi connectivity index (χ3v) is 2.38. The lowest BCUT2D eigenvalue weighted by atomic mass is 10.1. The number of ether oxygens (including phenoxy) is 2. The molecule has 0 saturated heterocycles. The zero-order chi connectivity index (χ0) is 11.7. The Morgan fingerprint density at radius 1 is 1.31 bits per heavy atom. The molecule has 0 aliphatic carbocycles. The van der Waals surface area contributed by atoms with E-state index in [0.717, 1.165) is 11.1 Å². The Morgan fingerprint density at radius 2 is 2.06 bits per heavy atom. The van der Waals surface area contributed by atoms with E-state index >= 15 is 0 Å². The summed E-state index contributed by atoms with van der Waals surface area (Å²) in [4.78, 5) is 11.7. The number of esters is 1. The molecule has 1 aromatic carbocycles. The highest BCUT2D eigenvalue weighted by Gasteiger charge is 2.19. The molecule has 4 heteroatoms. The van der Waals surface area contributed by atoms with E-state index in [-0.39, 0.29) is 0 Å². The van der Waals surface area contributed by atoms with Crippen molar-refractivity contribution >= 4 is 16.9 Å². The first-order valence-corrected chi connectivity index (χ1v) is 4.83. The fourth-order valence-corrected chi connectivity index (χ4v) is 1.68. The number of furan rings is 1. The molecular weight excluding hydrogens is 208 g/mol. The first-order chi connectivity index (χ1) is 7.67. The summed E-state index contributed by atoms with van der Waals surface area (Å²) in [5.74, 6) is 0.735. The molecule has 0 radical (unpaired) electrons. The predicted octanol–water partition coefficient (Wildman–Crippen LogP) is 2.54. The van der Waals surface area contributed by atoms with Gasteiger partial charge >= 0.3 is 5.97 Å². The summed E-state index contributed by atoms with van der Waals surface area (Å²) in [7, 11) is 2.83. The van der Waals surface area contributed by atoms with Crippen molar-refractivity contribution in [1.82, 2.24) is 0 Å². The maximum atomic E-state index is 11.7. The molecule has 0 unspecified atom stereocenters. The molecule has 2 aromatic rings. The van der Waals surface area contributed by atoms with Gasteiger partial charge in [0.1, 0.15) is 17.1 Å². The number of fused-ring (bicyclic) bond motifs is 1. The minimum absolute atomic E-state index is 0.329. The number of benzene rings is 1. The van der Waals surface area contributed by atoms with Crippen LogP contribution in [0.15, 0.2) is 22.6 Å². The highest BCUT2D eigenvalue weighted by molar-refractivity contribution is 6.04. The molecule has 0 aliphatic heterocycles. The van der Waals surface area contributed by atoms with Gasteiger partial charge in [-0.1, -0.05) is 0 Å². The SMILES string of the molecule is COC(=O)c1c(OC)ccc2cc(C)oc12. The van der Waals surface area contributed by atoms with Crippen molar-refractivity contribution in [3.63, 3.8) is 0 Å². The second kappa shape index (κ2) is 3.89. The highest BCUT2D eigenvalue weighted by atomic mass is 16.5. The summed E-state index contributed by atoms with van der Waals surface area (Å²) in [6.07, 6.45) is 0. The number of rotatable bonds is 2. The Kier molecular flexibility index (Phi) is 2.56. The number of methoxy groups -OCH3 is 2. The molecule has 1 heterocycles. The third-order valence-electron chi connectivity index (χ3n) is 2.38. The number of aryl methyl sites for hydroxylation is 1. The van der Waals surface area contributed by atoms with Crippen LogP contribution in [0.1, 0.15) is 16.1 Å². The van der Waals surface area contributed by atoms with Crippen LogP contribution in [-0.2, 0) is 4.74 Å². The van der Waals surface area contributed by atoms with Crippen LogP contribution >= 0.6 is 0 Å². The van der Waals surface area contributed by atoms with E-state index < -0.39 is 5.97 Å². The molecule has 0 fully saturated rings. The lowest BCUT2D eigenvalue weighted by Gasteiger charge is -2.06. The van der Waals surface area contributed by atoms with E-state index in [1.165, 1.54) is 14.2 Å². The van der Waals surface area contributed by atoms with Crippen LogP contribution in [0.3, 0.4) is 0 Å². The van der Waals surface area contributed by atoms with Gasteiger partial charge in [0.25, 0.3) is 0 Å². The standard InChI is InChI=1S/C12H12O4/c1-7-6-8-4-5-9(14-2)10(11(8)16-7)12(13)15-3/h4-6H,1-3H3. The second-order valence-corrected chi connectivity index (χ2v) is 3.41. The number of carbonyl (C=O) groups excluding carboxylic acids is 1. The van der Waals surface area contributed by atoms with Crippen LogP contribution in [0.5, 0.6) is 5.75 Å². The number of hydrogen-bond donors (Lipinski definition) is 0. The van der Waals surface area contributed by atoms with Crippen molar-refractivity contribution in [3.05, 3.63) is 29.5 Å². The fraction of sp³-hybridized carbons (Fsp3) is 0.250. The Balaban J connectivity index is 2.77. The van der Waals surface area contributed by atoms with Crippen LogP contribution < -0.4 is 4.74 Å². The van der Waals surface area contributed by atoms with E-state index in [1.54, 1.807) is 6.07 Å². The molecule has 0 aliphatic rings. The summed E-state index contributed by atoms with van der Waals surface area (Å²) in [5.41, 5.74) is 0.833. The van der Waals surface area contributed by atoms with Crippen molar-refractivity contribution in [2.24, 2.45) is 0 Å². The third kappa shape index (κ3) is 1.52. The molecule has 0 spiro atoms. The molecule has 2 rings (SSSR count). The topological polar surface area (TPSA) is 48.7 Å². The van der Waals surface area contributed by atoms with Crippen molar-refractivity contribution in [2.45, 2.75) is 6.92 Å². The van der Waals surface area contributed by atoms with Crippen molar-refractivity contribution in [3.8, 4) is 5.75 Å². The molecular formula is C12H12O4. The van der Waals surface area contributed by atoms with Gasteiger partial charge in [-0.3, -0.25) is 0 Å². The smallest absolute Gasteiger partial charge is 0.345 e. The Labute approximate surface area is 92.8 Å². The normalized spacial score (nSPS) is 10.4. The molecule has 0 N–H and O–H groups in total. The Hall–Kier alpha value is -1.97. The van der Waals surface area contributed by atoms with E-state index in [0.29, 0.717) is 16.9 Å². The fourth-order valence-electron chi connectivity index (χ4n) is 1.68. The Bertz CT molecular complexity index is 539. The summed E-state index contributed by atoms with van der Waals surface area (Å²) < 4.78 is 15.3. The van der Waals surface area contributed by atoms with Gasteiger partial charge in [-0.05, 0) is 25.1 Å². The average molecular weight is 220 g/mol. The summed E-state index contributed by atoms with van der Waals surface area (Å²) in [6, 6.07) is 5.43. The van der Waals surface area contributed by atoms with Crippen molar-refractivity contribution < 1.29 is 18.7 Å². The molecule has 1 aromatic heterocycles. The first-order valence-electron chi connectivity index (χ1n) is 4.83. The average Bonchev–Trinajstić information content (AvgIpc) is 2.66. The van der Waals surface area contributed by atoms with Crippen LogP contribution in [0.4, 0.5) is 0 Å². The van der Waals surface area contributed by atoms with E-state index in [4.69, 9.17) is 13.9 Å². The molecule has 4 nitrogen and oxygen atoms in total. The van der Waals surface area contributed by atoms with Gasteiger partial charge in [-0.25, -0.2) is 4.79 Å². The van der Waals surface area contributed by atoms with Gasteiger partial charge in [0, 0.05) is 5.39 Å². The molecule has 16 heavy (non-hydrogen) atoms. The number of carbonyl (C=O) groups is 1. The monoisotopic (exact) mass is 220 g/mol. The van der Waals surface area contributed by atoms with E-state index in [1.807, 2.05) is 19.1 Å².